The Hall–Kier alpha value is -2.91. The van der Waals surface area contributed by atoms with Gasteiger partial charge >= 0.3 is 6.09 Å². The fourth-order valence-corrected chi connectivity index (χ4v) is 6.92. The standard InChI is InChI=1S/C32H37BrN2O5S/c1-3-15-40-32(37)35-21-24-17-23(22-10-12-26(13-11-22)41-25-8-7-9-25)20-34(24)31(36)27-18-29(38-2)30(19-28(27)35)39-16-6-4-5-14-33/h3,10-13,18-20,24-25H,1,4-9,14-17,21H2,2H3/t24-/m0/s1. The molecule has 0 N–H and O–H groups in total. The molecule has 7 nitrogen and oxygen atoms in total. The molecule has 1 atom stereocenters. The van der Waals surface area contributed by atoms with E-state index >= 15 is 0 Å². The molecule has 3 aliphatic rings. The maximum atomic E-state index is 14.0. The van der Waals surface area contributed by atoms with Crippen LogP contribution in [0.25, 0.3) is 5.57 Å². The number of carbonyl (C=O) groups is 2. The number of benzene rings is 2. The molecule has 0 aromatic heterocycles. The van der Waals surface area contributed by atoms with Crippen LogP contribution in [0.2, 0.25) is 0 Å². The zero-order valence-corrected chi connectivity index (χ0v) is 25.9. The quantitative estimate of drug-likeness (QED) is 0.135. The lowest BCUT2D eigenvalue weighted by Gasteiger charge is -2.26. The van der Waals surface area contributed by atoms with Crippen molar-refractivity contribution in [3.63, 3.8) is 0 Å². The topological polar surface area (TPSA) is 68.3 Å². The average molecular weight is 642 g/mol. The molecular formula is C32H37BrN2O5S. The van der Waals surface area contributed by atoms with E-state index in [1.54, 1.807) is 29.0 Å². The summed E-state index contributed by atoms with van der Waals surface area (Å²) in [7, 11) is 1.56. The van der Waals surface area contributed by atoms with Gasteiger partial charge in [0.25, 0.3) is 5.91 Å². The fraction of sp³-hybridized carbons (Fsp3) is 0.438. The van der Waals surface area contributed by atoms with Crippen molar-refractivity contribution in [2.45, 2.75) is 61.1 Å². The number of hydrogen-bond donors (Lipinski definition) is 0. The summed E-state index contributed by atoms with van der Waals surface area (Å²) in [4.78, 5) is 31.9. The number of methoxy groups -OCH3 is 1. The molecular weight excluding hydrogens is 604 g/mol. The lowest BCUT2D eigenvalue weighted by molar-refractivity contribution is 0.0794. The van der Waals surface area contributed by atoms with E-state index in [1.165, 1.54) is 30.2 Å². The largest absolute Gasteiger partial charge is 0.493 e. The highest BCUT2D eigenvalue weighted by atomic mass is 79.9. The molecule has 218 valence electrons. The second-order valence-electron chi connectivity index (χ2n) is 10.5. The number of halogens is 1. The number of amides is 2. The van der Waals surface area contributed by atoms with Gasteiger partial charge in [0.2, 0.25) is 0 Å². The summed E-state index contributed by atoms with van der Waals surface area (Å²) in [5.41, 5.74) is 2.99. The Morgan fingerprint density at radius 3 is 2.63 bits per heavy atom. The van der Waals surface area contributed by atoms with Gasteiger partial charge < -0.3 is 19.1 Å². The van der Waals surface area contributed by atoms with E-state index in [0.717, 1.165) is 41.0 Å². The highest BCUT2D eigenvalue weighted by Crippen LogP contribution is 2.42. The van der Waals surface area contributed by atoms with E-state index in [0.29, 0.717) is 42.3 Å². The minimum absolute atomic E-state index is 0.0782. The number of carbonyl (C=O) groups excluding carboxylic acids is 2. The SMILES string of the molecule is C=CCOC(=O)N1C[C@@H]2CC(c3ccc(SC4CCC4)cc3)=CN2C(=O)c2cc(OC)c(OCCCCCBr)cc21. The lowest BCUT2D eigenvalue weighted by Crippen LogP contribution is -2.41. The van der Waals surface area contributed by atoms with E-state index in [2.05, 4.69) is 46.8 Å². The van der Waals surface area contributed by atoms with Gasteiger partial charge in [-0.25, -0.2) is 4.79 Å². The van der Waals surface area contributed by atoms with Gasteiger partial charge in [0, 0.05) is 27.7 Å². The monoisotopic (exact) mass is 640 g/mol. The molecule has 2 aromatic rings. The van der Waals surface area contributed by atoms with Crippen molar-refractivity contribution >= 4 is 51.0 Å². The molecule has 0 radical (unpaired) electrons. The summed E-state index contributed by atoms with van der Waals surface area (Å²) in [6.45, 7) is 4.54. The van der Waals surface area contributed by atoms with E-state index in [-0.39, 0.29) is 18.6 Å². The number of nitrogens with zero attached hydrogens (tertiary/aromatic N) is 2. The summed E-state index contributed by atoms with van der Waals surface area (Å²) < 4.78 is 17.2. The normalized spacial score (nSPS) is 18.1. The number of ether oxygens (including phenoxy) is 3. The van der Waals surface area contributed by atoms with Gasteiger partial charge in [-0.2, -0.15) is 0 Å². The van der Waals surface area contributed by atoms with Crippen LogP contribution in [0, 0.1) is 0 Å². The molecule has 0 bridgehead atoms. The molecule has 2 aliphatic heterocycles. The summed E-state index contributed by atoms with van der Waals surface area (Å²) in [5, 5.41) is 1.69. The molecule has 41 heavy (non-hydrogen) atoms. The number of alkyl halides is 1. The lowest BCUT2D eigenvalue weighted by atomic mass is 10.00. The maximum Gasteiger partial charge on any atom is 0.414 e. The smallest absolute Gasteiger partial charge is 0.414 e. The predicted octanol–water partition coefficient (Wildman–Crippen LogP) is 7.68. The predicted molar refractivity (Wildman–Crippen MR) is 168 cm³/mol. The highest BCUT2D eigenvalue weighted by molar-refractivity contribution is 9.09. The van der Waals surface area contributed by atoms with Gasteiger partial charge in [0.15, 0.2) is 11.5 Å². The molecule has 0 saturated heterocycles. The summed E-state index contributed by atoms with van der Waals surface area (Å²) in [6, 6.07) is 11.8. The maximum absolute atomic E-state index is 14.0. The number of anilines is 1. The van der Waals surface area contributed by atoms with Gasteiger partial charge in [-0.3, -0.25) is 9.69 Å². The molecule has 2 amide bonds. The third-order valence-corrected chi connectivity index (χ3v) is 9.65. The first-order valence-electron chi connectivity index (χ1n) is 14.3. The van der Waals surface area contributed by atoms with Crippen LogP contribution in [-0.4, -0.2) is 60.4 Å². The van der Waals surface area contributed by atoms with Crippen LogP contribution in [0.4, 0.5) is 10.5 Å². The number of thioether (sulfide) groups is 1. The van der Waals surface area contributed by atoms with E-state index < -0.39 is 6.09 Å². The molecule has 0 spiro atoms. The molecule has 1 fully saturated rings. The van der Waals surface area contributed by atoms with E-state index in [4.69, 9.17) is 14.2 Å². The Kier molecular flexibility index (Phi) is 9.98. The zero-order chi connectivity index (χ0) is 28.8. The van der Waals surface area contributed by atoms with Crippen molar-refractivity contribution in [1.82, 2.24) is 4.90 Å². The van der Waals surface area contributed by atoms with Crippen molar-refractivity contribution in [2.24, 2.45) is 0 Å². The second-order valence-corrected chi connectivity index (χ2v) is 12.7. The Balaban J connectivity index is 1.43. The number of hydrogen-bond acceptors (Lipinski definition) is 6. The molecule has 2 aromatic carbocycles. The summed E-state index contributed by atoms with van der Waals surface area (Å²) in [6.07, 6.45) is 10.5. The number of unbranched alkanes of at least 4 members (excludes halogenated alkanes) is 2. The van der Waals surface area contributed by atoms with Crippen LogP contribution in [0.5, 0.6) is 11.5 Å². The molecule has 9 heteroatoms. The van der Waals surface area contributed by atoms with E-state index in [1.807, 2.05) is 18.0 Å². The van der Waals surface area contributed by atoms with Crippen LogP contribution < -0.4 is 14.4 Å². The van der Waals surface area contributed by atoms with Crippen LogP contribution in [-0.2, 0) is 4.74 Å². The molecule has 2 heterocycles. The summed E-state index contributed by atoms with van der Waals surface area (Å²) >= 11 is 5.40. The van der Waals surface area contributed by atoms with Gasteiger partial charge in [0.05, 0.1) is 37.6 Å². The average Bonchev–Trinajstić information content (AvgIpc) is 3.35. The van der Waals surface area contributed by atoms with Crippen LogP contribution in [0.1, 0.15) is 60.9 Å². The van der Waals surface area contributed by atoms with Crippen molar-refractivity contribution < 1.29 is 23.8 Å². The van der Waals surface area contributed by atoms with Gasteiger partial charge in [-0.15, -0.1) is 11.8 Å². The third kappa shape index (κ3) is 6.78. The molecule has 5 rings (SSSR count). The van der Waals surface area contributed by atoms with E-state index in [9.17, 15) is 9.59 Å². The fourth-order valence-electron chi connectivity index (χ4n) is 5.28. The summed E-state index contributed by atoms with van der Waals surface area (Å²) in [5.74, 6) is 0.773. The van der Waals surface area contributed by atoms with Crippen molar-refractivity contribution in [3.8, 4) is 11.5 Å². The molecule has 1 aliphatic carbocycles. The first-order valence-corrected chi connectivity index (χ1v) is 16.3. The Morgan fingerprint density at radius 2 is 1.95 bits per heavy atom. The number of rotatable bonds is 12. The Morgan fingerprint density at radius 1 is 1.15 bits per heavy atom. The van der Waals surface area contributed by atoms with Crippen LogP contribution >= 0.6 is 27.7 Å². The van der Waals surface area contributed by atoms with Crippen LogP contribution in [0.15, 0.2) is 60.1 Å². The van der Waals surface area contributed by atoms with Crippen LogP contribution in [0.3, 0.4) is 0 Å². The second kappa shape index (κ2) is 13.8. The van der Waals surface area contributed by atoms with Crippen molar-refractivity contribution in [3.05, 3.63) is 66.4 Å². The molecule has 1 saturated carbocycles. The Labute approximate surface area is 255 Å². The van der Waals surface area contributed by atoms with Crippen molar-refractivity contribution in [2.75, 3.05) is 37.1 Å². The van der Waals surface area contributed by atoms with Gasteiger partial charge in [0.1, 0.15) is 6.61 Å². The molecule has 0 unspecified atom stereocenters. The zero-order valence-electron chi connectivity index (χ0n) is 23.5. The minimum Gasteiger partial charge on any atom is -0.493 e. The third-order valence-electron chi connectivity index (χ3n) is 7.74. The van der Waals surface area contributed by atoms with Crippen molar-refractivity contribution in [1.29, 1.82) is 0 Å². The first kappa shape index (κ1) is 29.6. The Bertz CT molecular complexity index is 1290. The minimum atomic E-state index is -0.528. The van der Waals surface area contributed by atoms with Gasteiger partial charge in [-0.1, -0.05) is 47.1 Å². The van der Waals surface area contributed by atoms with Gasteiger partial charge in [-0.05, 0) is 67.9 Å². The first-order chi connectivity index (χ1) is 20.0. The number of fused-ring (bicyclic) bond motifs is 2. The highest BCUT2D eigenvalue weighted by Gasteiger charge is 2.40.